The normalized spacial score (nSPS) is 12.1. The molecule has 0 aliphatic heterocycles. The molecule has 0 fully saturated rings. The largest absolute Gasteiger partial charge is 0.497 e. The van der Waals surface area contributed by atoms with E-state index in [0.29, 0.717) is 5.95 Å². The van der Waals surface area contributed by atoms with E-state index in [0.717, 1.165) is 23.6 Å². The highest BCUT2D eigenvalue weighted by atomic mass is 16.5. The zero-order chi connectivity index (χ0) is 18.6. The number of rotatable bonds is 6. The van der Waals surface area contributed by atoms with Crippen LogP contribution in [0, 0.1) is 0 Å². The van der Waals surface area contributed by atoms with Crippen LogP contribution in [0.1, 0.15) is 6.92 Å². The molecule has 2 heterocycles. The Morgan fingerprint density at radius 3 is 2.70 bits per heavy atom. The fraction of sp³-hybridized carbons (Fsp3) is 0.190. The molecule has 0 saturated heterocycles. The molecule has 0 aliphatic rings. The lowest BCUT2D eigenvalue weighted by molar-refractivity contribution is 0.415. The van der Waals surface area contributed by atoms with E-state index in [1.807, 2.05) is 24.3 Å². The lowest BCUT2D eigenvalue weighted by atomic mass is 10.1. The Bertz CT molecular complexity index is 1040. The fourth-order valence-electron chi connectivity index (χ4n) is 3.13. The van der Waals surface area contributed by atoms with Crippen LogP contribution in [0.2, 0.25) is 0 Å². The van der Waals surface area contributed by atoms with Crippen LogP contribution in [0.25, 0.3) is 22.2 Å². The van der Waals surface area contributed by atoms with E-state index in [4.69, 9.17) is 4.74 Å². The van der Waals surface area contributed by atoms with Crippen molar-refractivity contribution in [2.45, 2.75) is 19.5 Å². The Labute approximate surface area is 157 Å². The highest BCUT2D eigenvalue weighted by Gasteiger charge is 2.09. The number of hydrogen-bond donors (Lipinski definition) is 1. The minimum atomic E-state index is 0.147. The molecule has 0 unspecified atom stereocenters. The van der Waals surface area contributed by atoms with E-state index >= 15 is 0 Å². The van der Waals surface area contributed by atoms with Crippen molar-refractivity contribution in [3.05, 3.63) is 67.0 Å². The number of nitrogens with zero attached hydrogens (tertiary/aromatic N) is 4. The van der Waals surface area contributed by atoms with E-state index in [1.54, 1.807) is 13.3 Å². The maximum Gasteiger partial charge on any atom is 0.243 e. The van der Waals surface area contributed by atoms with Gasteiger partial charge in [-0.05, 0) is 48.7 Å². The van der Waals surface area contributed by atoms with Gasteiger partial charge in [0.15, 0.2) is 0 Å². The standard InChI is InChI=1S/C21H21N5O/c1-15(14-26-12-11-17-5-3-4-6-20(17)26)23-21-24-19(13-22-25-21)16-7-9-18(27-2)10-8-16/h3-13,15H,14H2,1-2H3,(H,23,24,25)/t15-/m0/s1. The van der Waals surface area contributed by atoms with Crippen LogP contribution in [0.5, 0.6) is 5.75 Å². The summed E-state index contributed by atoms with van der Waals surface area (Å²) in [6, 6.07) is 18.4. The maximum absolute atomic E-state index is 5.20. The quantitative estimate of drug-likeness (QED) is 0.564. The van der Waals surface area contributed by atoms with Gasteiger partial charge >= 0.3 is 0 Å². The molecule has 0 aliphatic carbocycles. The van der Waals surface area contributed by atoms with Gasteiger partial charge in [0, 0.05) is 29.9 Å². The van der Waals surface area contributed by atoms with Gasteiger partial charge < -0.3 is 14.6 Å². The topological polar surface area (TPSA) is 64.9 Å². The molecule has 27 heavy (non-hydrogen) atoms. The van der Waals surface area contributed by atoms with E-state index in [1.165, 1.54) is 10.9 Å². The number of methoxy groups -OCH3 is 1. The summed E-state index contributed by atoms with van der Waals surface area (Å²) >= 11 is 0. The molecular weight excluding hydrogens is 338 g/mol. The Balaban J connectivity index is 1.48. The summed E-state index contributed by atoms with van der Waals surface area (Å²) in [6.07, 6.45) is 3.77. The van der Waals surface area contributed by atoms with Crippen molar-refractivity contribution in [1.29, 1.82) is 0 Å². The van der Waals surface area contributed by atoms with Crippen molar-refractivity contribution < 1.29 is 4.74 Å². The molecule has 6 heteroatoms. The number of benzene rings is 2. The van der Waals surface area contributed by atoms with Gasteiger partial charge in [0.05, 0.1) is 19.0 Å². The Morgan fingerprint density at radius 2 is 1.89 bits per heavy atom. The zero-order valence-electron chi connectivity index (χ0n) is 15.3. The lowest BCUT2D eigenvalue weighted by Crippen LogP contribution is -2.23. The third kappa shape index (κ3) is 3.74. The predicted octanol–water partition coefficient (Wildman–Crippen LogP) is 4.00. The van der Waals surface area contributed by atoms with E-state index in [2.05, 4.69) is 68.5 Å². The first-order chi connectivity index (χ1) is 13.2. The molecule has 4 aromatic rings. The van der Waals surface area contributed by atoms with Crippen molar-refractivity contribution in [1.82, 2.24) is 19.7 Å². The summed E-state index contributed by atoms with van der Waals surface area (Å²) in [7, 11) is 1.65. The van der Waals surface area contributed by atoms with Gasteiger partial charge in [0.25, 0.3) is 0 Å². The second-order valence-electron chi connectivity index (χ2n) is 6.47. The number of ether oxygens (including phenoxy) is 1. The molecule has 6 nitrogen and oxygen atoms in total. The van der Waals surface area contributed by atoms with Crippen molar-refractivity contribution in [2.24, 2.45) is 0 Å². The van der Waals surface area contributed by atoms with Crippen LogP contribution in [0.15, 0.2) is 67.0 Å². The third-order valence-electron chi connectivity index (χ3n) is 4.47. The van der Waals surface area contributed by atoms with Crippen LogP contribution in [0.4, 0.5) is 5.95 Å². The number of fused-ring (bicyclic) bond motifs is 1. The average Bonchev–Trinajstić information content (AvgIpc) is 3.11. The minimum absolute atomic E-state index is 0.147. The van der Waals surface area contributed by atoms with Gasteiger partial charge in [-0.3, -0.25) is 0 Å². The first-order valence-corrected chi connectivity index (χ1v) is 8.87. The van der Waals surface area contributed by atoms with Crippen LogP contribution in [-0.2, 0) is 6.54 Å². The number of para-hydroxylation sites is 1. The van der Waals surface area contributed by atoms with Gasteiger partial charge in [-0.15, -0.1) is 5.10 Å². The first-order valence-electron chi connectivity index (χ1n) is 8.87. The van der Waals surface area contributed by atoms with Crippen molar-refractivity contribution in [2.75, 3.05) is 12.4 Å². The monoisotopic (exact) mass is 359 g/mol. The highest BCUT2D eigenvalue weighted by molar-refractivity contribution is 5.79. The summed E-state index contributed by atoms with van der Waals surface area (Å²) in [6.45, 7) is 2.92. The second-order valence-corrected chi connectivity index (χ2v) is 6.47. The second kappa shape index (κ2) is 7.45. The van der Waals surface area contributed by atoms with E-state index < -0.39 is 0 Å². The highest BCUT2D eigenvalue weighted by Crippen LogP contribution is 2.21. The molecule has 0 amide bonds. The van der Waals surface area contributed by atoms with E-state index in [9.17, 15) is 0 Å². The van der Waals surface area contributed by atoms with Gasteiger partial charge in [0.2, 0.25) is 5.95 Å². The number of hydrogen-bond acceptors (Lipinski definition) is 5. The third-order valence-corrected chi connectivity index (χ3v) is 4.47. The first kappa shape index (κ1) is 17.0. The van der Waals surface area contributed by atoms with Crippen LogP contribution in [-0.4, -0.2) is 32.9 Å². The van der Waals surface area contributed by atoms with Gasteiger partial charge in [0.1, 0.15) is 5.75 Å². The van der Waals surface area contributed by atoms with Crippen molar-refractivity contribution in [3.63, 3.8) is 0 Å². The summed E-state index contributed by atoms with van der Waals surface area (Å²) in [5, 5.41) is 12.8. The molecule has 0 radical (unpaired) electrons. The molecule has 2 aromatic heterocycles. The Morgan fingerprint density at radius 1 is 1.07 bits per heavy atom. The van der Waals surface area contributed by atoms with Gasteiger partial charge in [-0.25, -0.2) is 4.98 Å². The summed E-state index contributed by atoms with van der Waals surface area (Å²) in [5.74, 6) is 1.33. The average molecular weight is 359 g/mol. The molecule has 0 bridgehead atoms. The summed E-state index contributed by atoms with van der Waals surface area (Å²) in [5.41, 5.74) is 2.96. The lowest BCUT2D eigenvalue weighted by Gasteiger charge is -2.15. The molecule has 1 N–H and O–H groups in total. The Kier molecular flexibility index (Phi) is 4.70. The number of anilines is 1. The molecular formula is C21H21N5O. The molecule has 0 spiro atoms. The molecule has 136 valence electrons. The summed E-state index contributed by atoms with van der Waals surface area (Å²) < 4.78 is 7.43. The van der Waals surface area contributed by atoms with Crippen molar-refractivity contribution in [3.8, 4) is 17.0 Å². The fourth-order valence-corrected chi connectivity index (χ4v) is 3.13. The van der Waals surface area contributed by atoms with Crippen molar-refractivity contribution >= 4 is 16.9 Å². The van der Waals surface area contributed by atoms with Gasteiger partial charge in [-0.1, -0.05) is 18.2 Å². The number of nitrogens with one attached hydrogen (secondary N) is 1. The molecule has 4 rings (SSSR count). The smallest absolute Gasteiger partial charge is 0.243 e. The van der Waals surface area contributed by atoms with E-state index in [-0.39, 0.29) is 6.04 Å². The van der Waals surface area contributed by atoms with Gasteiger partial charge in [-0.2, -0.15) is 5.10 Å². The molecule has 0 saturated carbocycles. The predicted molar refractivity (Wildman–Crippen MR) is 107 cm³/mol. The number of aromatic nitrogens is 4. The Hall–Kier alpha value is -3.41. The zero-order valence-corrected chi connectivity index (χ0v) is 15.3. The van der Waals surface area contributed by atoms with Crippen LogP contribution < -0.4 is 10.1 Å². The SMILES string of the molecule is COc1ccc(-c2cnnc(N[C@@H](C)Cn3ccc4ccccc43)n2)cc1. The van der Waals surface area contributed by atoms with Crippen LogP contribution in [0.3, 0.4) is 0 Å². The summed E-state index contributed by atoms with van der Waals surface area (Å²) in [4.78, 5) is 4.60. The molecule has 1 atom stereocenters. The van der Waals surface area contributed by atoms with Crippen LogP contribution >= 0.6 is 0 Å². The maximum atomic E-state index is 5.20. The minimum Gasteiger partial charge on any atom is -0.497 e. The molecule has 2 aromatic carbocycles.